The van der Waals surface area contributed by atoms with E-state index in [1.54, 1.807) is 0 Å². The number of nitrogens with one attached hydrogen (secondary N) is 1. The van der Waals surface area contributed by atoms with Crippen LogP contribution in [0.15, 0.2) is 54.6 Å². The molecule has 1 amide bonds. The molecular weight excluding hydrogens is 348 g/mol. The van der Waals surface area contributed by atoms with Crippen molar-refractivity contribution < 1.29 is 13.2 Å². The highest BCUT2D eigenvalue weighted by Gasteiger charge is 2.25. The Bertz CT molecular complexity index is 818. The molecule has 0 fully saturated rings. The minimum atomic E-state index is -3.44. The van der Waals surface area contributed by atoms with Crippen molar-refractivity contribution in [3.63, 3.8) is 0 Å². The van der Waals surface area contributed by atoms with Crippen LogP contribution in [-0.4, -0.2) is 31.4 Å². The standard InChI is InChI=1S/C20H26N2O3S/c1-4-17-10-12-19(13-11-17)21-20(23)14-15-22(26(3,24)25)16(2)18-8-6-5-7-9-18/h5-13,16H,4,14-15H2,1-3H3,(H,21,23). The summed E-state index contributed by atoms with van der Waals surface area (Å²) in [6.07, 6.45) is 2.21. The van der Waals surface area contributed by atoms with E-state index in [1.165, 1.54) is 16.1 Å². The van der Waals surface area contributed by atoms with Crippen molar-refractivity contribution in [3.8, 4) is 0 Å². The molecule has 0 aromatic heterocycles. The lowest BCUT2D eigenvalue weighted by Gasteiger charge is -2.27. The Balaban J connectivity index is 2.01. The Labute approximate surface area is 156 Å². The first-order valence-corrected chi connectivity index (χ1v) is 10.6. The highest BCUT2D eigenvalue weighted by Crippen LogP contribution is 2.23. The minimum absolute atomic E-state index is 0.0970. The van der Waals surface area contributed by atoms with Gasteiger partial charge in [-0.05, 0) is 36.6 Å². The lowest BCUT2D eigenvalue weighted by atomic mass is 10.1. The second-order valence-corrected chi connectivity index (χ2v) is 8.24. The number of hydrogen-bond donors (Lipinski definition) is 1. The molecule has 1 unspecified atom stereocenters. The zero-order valence-electron chi connectivity index (χ0n) is 15.5. The number of nitrogens with zero attached hydrogens (tertiary/aromatic N) is 1. The van der Waals surface area contributed by atoms with Gasteiger partial charge in [-0.1, -0.05) is 49.4 Å². The molecule has 0 bridgehead atoms. The fourth-order valence-corrected chi connectivity index (χ4v) is 3.92. The molecule has 0 saturated heterocycles. The molecule has 1 N–H and O–H groups in total. The third-order valence-electron chi connectivity index (χ3n) is 4.35. The Morgan fingerprint density at radius 3 is 2.23 bits per heavy atom. The highest BCUT2D eigenvalue weighted by molar-refractivity contribution is 7.88. The summed E-state index contributed by atoms with van der Waals surface area (Å²) in [5, 5.41) is 2.82. The van der Waals surface area contributed by atoms with E-state index in [0.29, 0.717) is 5.69 Å². The molecule has 140 valence electrons. The first-order valence-electron chi connectivity index (χ1n) is 8.71. The maximum atomic E-state index is 12.2. The lowest BCUT2D eigenvalue weighted by Crippen LogP contribution is -2.35. The van der Waals surface area contributed by atoms with Gasteiger partial charge in [0.15, 0.2) is 0 Å². The van der Waals surface area contributed by atoms with E-state index in [0.717, 1.165) is 12.0 Å². The molecule has 0 aliphatic heterocycles. The lowest BCUT2D eigenvalue weighted by molar-refractivity contribution is -0.116. The van der Waals surface area contributed by atoms with Crippen LogP contribution in [0.4, 0.5) is 5.69 Å². The average Bonchev–Trinajstić information content (AvgIpc) is 2.62. The van der Waals surface area contributed by atoms with Crippen LogP contribution in [0.5, 0.6) is 0 Å². The first kappa shape index (κ1) is 20.1. The number of hydrogen-bond acceptors (Lipinski definition) is 3. The quantitative estimate of drug-likeness (QED) is 0.768. The van der Waals surface area contributed by atoms with Crippen LogP contribution in [0.2, 0.25) is 0 Å². The normalized spacial score (nSPS) is 12.8. The van der Waals surface area contributed by atoms with E-state index in [2.05, 4.69) is 12.2 Å². The zero-order valence-corrected chi connectivity index (χ0v) is 16.3. The van der Waals surface area contributed by atoms with E-state index in [1.807, 2.05) is 61.5 Å². The number of benzene rings is 2. The zero-order chi connectivity index (χ0) is 19.2. The van der Waals surface area contributed by atoms with Gasteiger partial charge in [0.2, 0.25) is 15.9 Å². The van der Waals surface area contributed by atoms with Gasteiger partial charge in [-0.15, -0.1) is 0 Å². The van der Waals surface area contributed by atoms with Crippen LogP contribution in [0, 0.1) is 0 Å². The number of carbonyl (C=O) groups is 1. The van der Waals surface area contributed by atoms with E-state index in [9.17, 15) is 13.2 Å². The van der Waals surface area contributed by atoms with Gasteiger partial charge in [0.05, 0.1) is 6.26 Å². The molecule has 2 aromatic rings. The molecule has 2 rings (SSSR count). The van der Waals surface area contributed by atoms with Gasteiger partial charge in [0, 0.05) is 24.7 Å². The third-order valence-corrected chi connectivity index (χ3v) is 5.70. The molecule has 0 spiro atoms. The predicted octanol–water partition coefficient (Wildman–Crippen LogP) is 3.60. The summed E-state index contributed by atoms with van der Waals surface area (Å²) < 4.78 is 25.7. The van der Waals surface area contributed by atoms with Crippen molar-refractivity contribution in [2.24, 2.45) is 0 Å². The molecule has 0 heterocycles. The fraction of sp³-hybridized carbons (Fsp3) is 0.350. The van der Waals surface area contributed by atoms with Crippen molar-refractivity contribution in [1.82, 2.24) is 4.31 Å². The van der Waals surface area contributed by atoms with Gasteiger partial charge in [-0.3, -0.25) is 4.79 Å². The maximum Gasteiger partial charge on any atom is 0.225 e. The van der Waals surface area contributed by atoms with Crippen molar-refractivity contribution in [2.75, 3.05) is 18.1 Å². The van der Waals surface area contributed by atoms with Gasteiger partial charge in [-0.2, -0.15) is 4.31 Å². The Morgan fingerprint density at radius 2 is 1.69 bits per heavy atom. The molecule has 0 aliphatic rings. The second-order valence-electron chi connectivity index (χ2n) is 6.31. The van der Waals surface area contributed by atoms with Gasteiger partial charge < -0.3 is 5.32 Å². The van der Waals surface area contributed by atoms with Crippen molar-refractivity contribution >= 4 is 21.6 Å². The van der Waals surface area contributed by atoms with Crippen molar-refractivity contribution in [3.05, 3.63) is 65.7 Å². The highest BCUT2D eigenvalue weighted by atomic mass is 32.2. The van der Waals surface area contributed by atoms with Crippen LogP contribution in [0.1, 0.15) is 37.4 Å². The number of rotatable bonds is 8. The molecule has 0 aliphatic carbocycles. The number of aryl methyl sites for hydroxylation is 1. The van der Waals surface area contributed by atoms with Crippen LogP contribution in [0.3, 0.4) is 0 Å². The molecule has 2 aromatic carbocycles. The average molecular weight is 375 g/mol. The summed E-state index contributed by atoms with van der Waals surface area (Å²) in [6.45, 7) is 4.03. The molecule has 0 radical (unpaired) electrons. The summed E-state index contributed by atoms with van der Waals surface area (Å²) in [4.78, 5) is 12.2. The van der Waals surface area contributed by atoms with Gasteiger partial charge >= 0.3 is 0 Å². The Hall–Kier alpha value is -2.18. The SMILES string of the molecule is CCc1ccc(NC(=O)CCN(C(C)c2ccccc2)S(C)(=O)=O)cc1. The number of amides is 1. The molecule has 0 saturated carbocycles. The van der Waals surface area contributed by atoms with Crippen LogP contribution >= 0.6 is 0 Å². The van der Waals surface area contributed by atoms with Crippen LogP contribution in [-0.2, 0) is 21.2 Å². The molecule has 26 heavy (non-hydrogen) atoms. The van der Waals surface area contributed by atoms with Crippen LogP contribution in [0.25, 0.3) is 0 Å². The fourth-order valence-electron chi connectivity index (χ4n) is 2.80. The third kappa shape index (κ3) is 5.68. The summed E-state index contributed by atoms with van der Waals surface area (Å²) in [5.41, 5.74) is 2.81. The maximum absolute atomic E-state index is 12.2. The Kier molecular flexibility index (Phi) is 6.94. The second kappa shape index (κ2) is 8.96. The number of anilines is 1. The Morgan fingerprint density at radius 1 is 1.08 bits per heavy atom. The monoisotopic (exact) mass is 374 g/mol. The first-order chi connectivity index (χ1) is 12.3. The largest absolute Gasteiger partial charge is 0.326 e. The van der Waals surface area contributed by atoms with Gasteiger partial charge in [-0.25, -0.2) is 8.42 Å². The van der Waals surface area contributed by atoms with Crippen molar-refractivity contribution in [1.29, 1.82) is 0 Å². The van der Waals surface area contributed by atoms with Crippen molar-refractivity contribution in [2.45, 2.75) is 32.7 Å². The summed E-state index contributed by atoms with van der Waals surface area (Å²) in [5.74, 6) is -0.205. The van der Waals surface area contributed by atoms with E-state index in [-0.39, 0.29) is 24.9 Å². The minimum Gasteiger partial charge on any atom is -0.326 e. The molecule has 1 atom stereocenters. The summed E-state index contributed by atoms with van der Waals surface area (Å²) in [7, 11) is -3.44. The summed E-state index contributed by atoms with van der Waals surface area (Å²) in [6, 6.07) is 16.7. The summed E-state index contributed by atoms with van der Waals surface area (Å²) >= 11 is 0. The number of sulfonamides is 1. The smallest absolute Gasteiger partial charge is 0.225 e. The van der Waals surface area contributed by atoms with E-state index >= 15 is 0 Å². The number of carbonyl (C=O) groups excluding carboxylic acids is 1. The van der Waals surface area contributed by atoms with Gasteiger partial charge in [0.25, 0.3) is 0 Å². The van der Waals surface area contributed by atoms with Gasteiger partial charge in [0.1, 0.15) is 0 Å². The van der Waals surface area contributed by atoms with Crippen LogP contribution < -0.4 is 5.32 Å². The van der Waals surface area contributed by atoms with E-state index in [4.69, 9.17) is 0 Å². The topological polar surface area (TPSA) is 66.5 Å². The van der Waals surface area contributed by atoms with E-state index < -0.39 is 10.0 Å². The predicted molar refractivity (Wildman–Crippen MR) is 105 cm³/mol. The molecule has 5 nitrogen and oxygen atoms in total. The molecule has 6 heteroatoms. The molecular formula is C20H26N2O3S.